The SMILES string of the molecule is CC(C)(C)OC(=O)N1CCC2(CC1)OC2c1cc(C(F)(F)F)c(Cl)cn1. The van der Waals surface area contributed by atoms with Crippen molar-refractivity contribution in [2.24, 2.45) is 0 Å². The smallest absolute Gasteiger partial charge is 0.417 e. The molecule has 5 nitrogen and oxygen atoms in total. The van der Waals surface area contributed by atoms with Crippen LogP contribution in [0.1, 0.15) is 51.0 Å². The van der Waals surface area contributed by atoms with E-state index in [1.807, 2.05) is 0 Å². The van der Waals surface area contributed by atoms with Crippen LogP contribution in [0.2, 0.25) is 5.02 Å². The summed E-state index contributed by atoms with van der Waals surface area (Å²) in [6.07, 6.45) is -3.41. The van der Waals surface area contributed by atoms with Gasteiger partial charge >= 0.3 is 12.3 Å². The second kappa shape index (κ2) is 6.27. The lowest BCUT2D eigenvalue weighted by molar-refractivity contribution is -0.137. The van der Waals surface area contributed by atoms with E-state index in [2.05, 4.69) is 4.98 Å². The molecule has 0 saturated carbocycles. The van der Waals surface area contributed by atoms with Crippen LogP contribution in [0.4, 0.5) is 18.0 Å². The summed E-state index contributed by atoms with van der Waals surface area (Å²) in [7, 11) is 0. The number of pyridine rings is 1. The van der Waals surface area contributed by atoms with Crippen LogP contribution in [-0.4, -0.2) is 40.3 Å². The average molecular weight is 393 g/mol. The zero-order valence-corrected chi connectivity index (χ0v) is 15.4. The number of carbonyl (C=O) groups is 1. The topological polar surface area (TPSA) is 55.0 Å². The molecule has 1 aromatic heterocycles. The van der Waals surface area contributed by atoms with Crippen LogP contribution in [0, 0.1) is 0 Å². The fraction of sp³-hybridized carbons (Fsp3) is 0.647. The first-order chi connectivity index (χ1) is 11.9. The summed E-state index contributed by atoms with van der Waals surface area (Å²) < 4.78 is 50.1. The molecule has 0 bridgehead atoms. The summed E-state index contributed by atoms with van der Waals surface area (Å²) in [6, 6.07) is 0.946. The molecule has 0 radical (unpaired) electrons. The van der Waals surface area contributed by atoms with Gasteiger partial charge in [0.15, 0.2) is 0 Å². The average Bonchev–Trinajstić information content (AvgIpc) is 3.19. The summed E-state index contributed by atoms with van der Waals surface area (Å²) in [5.41, 5.74) is -1.85. The van der Waals surface area contributed by atoms with Crippen molar-refractivity contribution in [2.45, 2.75) is 57.1 Å². The van der Waals surface area contributed by atoms with E-state index in [0.29, 0.717) is 25.9 Å². The van der Waals surface area contributed by atoms with E-state index in [1.54, 1.807) is 25.7 Å². The van der Waals surface area contributed by atoms with Crippen LogP contribution in [0.15, 0.2) is 12.3 Å². The van der Waals surface area contributed by atoms with Crippen LogP contribution >= 0.6 is 11.6 Å². The summed E-state index contributed by atoms with van der Waals surface area (Å²) in [5.74, 6) is 0. The lowest BCUT2D eigenvalue weighted by Gasteiger charge is -2.32. The highest BCUT2D eigenvalue weighted by atomic mass is 35.5. The molecule has 0 aromatic carbocycles. The maximum atomic E-state index is 13.0. The van der Waals surface area contributed by atoms with Crippen molar-refractivity contribution < 1.29 is 27.4 Å². The molecule has 0 N–H and O–H groups in total. The van der Waals surface area contributed by atoms with Gasteiger partial charge in [0.05, 0.1) is 16.3 Å². The van der Waals surface area contributed by atoms with Crippen molar-refractivity contribution in [3.05, 3.63) is 28.5 Å². The Balaban J connectivity index is 1.66. The quantitative estimate of drug-likeness (QED) is 0.656. The van der Waals surface area contributed by atoms with Gasteiger partial charge in [0.25, 0.3) is 0 Å². The normalized spacial score (nSPS) is 22.4. The Kier molecular flexibility index (Phi) is 4.63. The van der Waals surface area contributed by atoms with Crippen molar-refractivity contribution >= 4 is 17.7 Å². The van der Waals surface area contributed by atoms with E-state index in [1.165, 1.54) is 0 Å². The molecule has 144 valence electrons. The Morgan fingerprint density at radius 1 is 1.35 bits per heavy atom. The minimum Gasteiger partial charge on any atom is -0.444 e. The van der Waals surface area contributed by atoms with Gasteiger partial charge in [0.2, 0.25) is 0 Å². The third-order valence-electron chi connectivity index (χ3n) is 4.49. The number of likely N-dealkylation sites (tertiary alicyclic amines) is 1. The van der Waals surface area contributed by atoms with Crippen LogP contribution in [0.25, 0.3) is 0 Å². The van der Waals surface area contributed by atoms with E-state index >= 15 is 0 Å². The standard InChI is InChI=1S/C17H20ClF3N2O3/c1-15(2,3)26-14(24)23-6-4-16(5-7-23)13(25-16)12-8-10(17(19,20)21)11(18)9-22-12/h8-9,13H,4-7H2,1-3H3. The molecule has 3 heterocycles. The molecule has 3 rings (SSSR count). The number of epoxide rings is 1. The lowest BCUT2D eigenvalue weighted by Crippen LogP contribution is -2.44. The fourth-order valence-corrected chi connectivity index (χ4v) is 3.33. The Bertz CT molecular complexity index is 710. The zero-order valence-electron chi connectivity index (χ0n) is 14.7. The Hall–Kier alpha value is -1.54. The second-order valence-electron chi connectivity index (χ2n) is 7.62. The maximum Gasteiger partial charge on any atom is 0.417 e. The van der Waals surface area contributed by atoms with Crippen LogP contribution in [-0.2, 0) is 15.7 Å². The van der Waals surface area contributed by atoms with Gasteiger partial charge in [-0.2, -0.15) is 13.2 Å². The van der Waals surface area contributed by atoms with Crippen LogP contribution in [0.3, 0.4) is 0 Å². The number of carbonyl (C=O) groups excluding carboxylic acids is 1. The molecule has 2 aliphatic rings. The highest BCUT2D eigenvalue weighted by Crippen LogP contribution is 2.55. The first-order valence-corrected chi connectivity index (χ1v) is 8.67. The van der Waals surface area contributed by atoms with Gasteiger partial charge in [0.1, 0.15) is 17.3 Å². The first-order valence-electron chi connectivity index (χ1n) is 8.30. The van der Waals surface area contributed by atoms with Crippen LogP contribution in [0.5, 0.6) is 0 Å². The maximum absolute atomic E-state index is 13.0. The lowest BCUT2D eigenvalue weighted by atomic mass is 9.91. The largest absolute Gasteiger partial charge is 0.444 e. The Morgan fingerprint density at radius 2 is 1.96 bits per heavy atom. The third kappa shape index (κ3) is 3.91. The summed E-state index contributed by atoms with van der Waals surface area (Å²) in [5, 5.41) is -0.435. The number of hydrogen-bond acceptors (Lipinski definition) is 4. The molecule has 0 aliphatic carbocycles. The highest BCUT2D eigenvalue weighted by Gasteiger charge is 2.59. The Labute approximate surface area is 154 Å². The predicted molar refractivity (Wildman–Crippen MR) is 87.8 cm³/mol. The van der Waals surface area contributed by atoms with E-state index in [9.17, 15) is 18.0 Å². The van der Waals surface area contributed by atoms with Crippen molar-refractivity contribution in [2.75, 3.05) is 13.1 Å². The van der Waals surface area contributed by atoms with Crippen molar-refractivity contribution in [3.8, 4) is 0 Å². The minimum absolute atomic E-state index is 0.215. The number of nitrogens with zero attached hydrogens (tertiary/aromatic N) is 2. The molecule has 1 amide bonds. The number of piperidine rings is 1. The number of aromatic nitrogens is 1. The van der Waals surface area contributed by atoms with E-state index in [4.69, 9.17) is 21.1 Å². The molecule has 1 unspecified atom stereocenters. The van der Waals surface area contributed by atoms with Gasteiger partial charge in [-0.05, 0) is 39.7 Å². The van der Waals surface area contributed by atoms with Gasteiger partial charge in [-0.1, -0.05) is 11.6 Å². The number of amides is 1. The molecule has 2 aliphatic heterocycles. The molecule has 1 aromatic rings. The van der Waals surface area contributed by atoms with Gasteiger partial charge in [-0.25, -0.2) is 4.79 Å². The third-order valence-corrected chi connectivity index (χ3v) is 4.79. The predicted octanol–water partition coefficient (Wildman–Crippen LogP) is 4.59. The number of hydrogen-bond donors (Lipinski definition) is 0. The Morgan fingerprint density at radius 3 is 2.50 bits per heavy atom. The number of halogens is 4. The van der Waals surface area contributed by atoms with Gasteiger partial charge in [0, 0.05) is 19.3 Å². The van der Waals surface area contributed by atoms with Crippen molar-refractivity contribution in [1.29, 1.82) is 0 Å². The molecule has 26 heavy (non-hydrogen) atoms. The molecule has 1 spiro atoms. The first kappa shape index (κ1) is 19.2. The zero-order chi connectivity index (χ0) is 19.3. The monoisotopic (exact) mass is 392 g/mol. The van der Waals surface area contributed by atoms with Gasteiger partial charge < -0.3 is 14.4 Å². The molecule has 2 saturated heterocycles. The number of alkyl halides is 3. The molecule has 1 atom stereocenters. The molecule has 9 heteroatoms. The molecular formula is C17H20ClF3N2O3. The van der Waals surface area contributed by atoms with Crippen molar-refractivity contribution in [1.82, 2.24) is 9.88 Å². The van der Waals surface area contributed by atoms with Crippen molar-refractivity contribution in [3.63, 3.8) is 0 Å². The summed E-state index contributed by atoms with van der Waals surface area (Å²) in [6.45, 7) is 6.22. The summed E-state index contributed by atoms with van der Waals surface area (Å²) >= 11 is 5.61. The second-order valence-corrected chi connectivity index (χ2v) is 8.02. The fourth-order valence-electron chi connectivity index (χ4n) is 3.12. The van der Waals surface area contributed by atoms with E-state index < -0.39 is 40.2 Å². The van der Waals surface area contributed by atoms with Crippen LogP contribution < -0.4 is 0 Å². The summed E-state index contributed by atoms with van der Waals surface area (Å²) in [4.78, 5) is 17.7. The minimum atomic E-state index is -4.54. The number of rotatable bonds is 1. The van der Waals surface area contributed by atoms with E-state index in [0.717, 1.165) is 12.3 Å². The number of ether oxygens (including phenoxy) is 2. The molecular weight excluding hydrogens is 373 g/mol. The molecule has 2 fully saturated rings. The van der Waals surface area contributed by atoms with Gasteiger partial charge in [-0.15, -0.1) is 0 Å². The van der Waals surface area contributed by atoms with Gasteiger partial charge in [-0.3, -0.25) is 4.98 Å². The van der Waals surface area contributed by atoms with E-state index in [-0.39, 0.29) is 5.69 Å². The highest BCUT2D eigenvalue weighted by molar-refractivity contribution is 6.31.